The van der Waals surface area contributed by atoms with E-state index in [4.69, 9.17) is 4.74 Å². The molecule has 0 aliphatic rings. The number of aliphatic hydroxyl groups is 1. The standard InChI is InChI=1S/C16H12FN4O2S.C10H17O.C2H6.C2H2.U/c1-9-5-11(12-6-10(17)3-4-14(12)23-2)13(7-18-9)15(22)20-16-21-19-8-24-16;1-5-7-8-9(6-2)10(3,4)11;2*1-2;/h3-7H,1-2H3,(H,20,21,22);6-8,11H,1,5H2,2-4H3;1-2H3;1-2H;/q2*-1;;;+2/b;8-7-,9-6+;;;. The molecule has 0 fully saturated rings. The third-order valence-electron chi connectivity index (χ3n) is 4.76. The Morgan fingerprint density at radius 3 is 2.42 bits per heavy atom. The number of rotatable bonds is 7. The summed E-state index contributed by atoms with van der Waals surface area (Å²) in [5.74, 6) is -0.389. The molecule has 10 heteroatoms. The molecular formula is C30H37FN4O3SU. The molecule has 0 saturated carbocycles. The first-order chi connectivity index (χ1) is 18.6. The summed E-state index contributed by atoms with van der Waals surface area (Å²) in [4.78, 5) is 16.7. The fraction of sp³-hybridized carbons (Fsp3) is 0.300. The van der Waals surface area contributed by atoms with Crippen LogP contribution in [0.15, 0.2) is 54.3 Å². The molecule has 3 rings (SSSR count). The second kappa shape index (κ2) is 21.0. The number of terminal acetylenes is 1. The number of hydrogen-bond donors (Lipinski definition) is 2. The molecule has 0 bridgehead atoms. The number of nitrogens with one attached hydrogen (secondary N) is 1. The van der Waals surface area contributed by atoms with Gasteiger partial charge in [0.2, 0.25) is 5.91 Å². The zero-order valence-corrected chi connectivity index (χ0v) is 29.1. The molecule has 2 aromatic heterocycles. The number of benzene rings is 1. The number of halogens is 1. The first-order valence-electron chi connectivity index (χ1n) is 12.1. The van der Waals surface area contributed by atoms with Crippen LogP contribution in [-0.4, -0.2) is 38.9 Å². The van der Waals surface area contributed by atoms with Crippen molar-refractivity contribution in [3.8, 4) is 29.7 Å². The number of hydrogen-bond acceptors (Lipinski definition) is 7. The molecule has 0 saturated heterocycles. The van der Waals surface area contributed by atoms with Gasteiger partial charge in [-0.05, 0) is 57.5 Å². The van der Waals surface area contributed by atoms with Crippen LogP contribution in [-0.2, 0) is 0 Å². The molecule has 3 aromatic rings. The Bertz CT molecular complexity index is 1240. The number of carbonyl (C=O) groups is 1. The van der Waals surface area contributed by atoms with E-state index < -0.39 is 17.3 Å². The van der Waals surface area contributed by atoms with Gasteiger partial charge in [-0.3, -0.25) is 26.2 Å². The monoisotopic (exact) mass is 790 g/mol. The number of amides is 1. The topological polar surface area (TPSA) is 97.2 Å². The normalized spacial score (nSPS) is 10.4. The van der Waals surface area contributed by atoms with Gasteiger partial charge in [0.15, 0.2) is 0 Å². The van der Waals surface area contributed by atoms with Crippen LogP contribution >= 0.6 is 11.3 Å². The van der Waals surface area contributed by atoms with E-state index in [1.165, 1.54) is 31.5 Å². The van der Waals surface area contributed by atoms with E-state index in [1.54, 1.807) is 26.8 Å². The van der Waals surface area contributed by atoms with Crippen LogP contribution in [0.2, 0.25) is 0 Å². The first-order valence-corrected chi connectivity index (χ1v) is 12.9. The number of allylic oxidation sites excluding steroid dienone is 2. The van der Waals surface area contributed by atoms with E-state index >= 15 is 0 Å². The zero-order chi connectivity index (χ0) is 30.0. The Morgan fingerprint density at radius 2 is 1.93 bits per heavy atom. The maximum Gasteiger partial charge on any atom is 2.00 e. The van der Waals surface area contributed by atoms with Gasteiger partial charge in [-0.25, -0.2) is 9.49 Å². The average molecular weight is 791 g/mol. The summed E-state index contributed by atoms with van der Waals surface area (Å²) in [5, 5.41) is 19.8. The number of carbonyl (C=O) groups excluding carboxylic acids is 1. The minimum Gasteiger partial charge on any atom is -0.496 e. The van der Waals surface area contributed by atoms with Gasteiger partial charge in [0.1, 0.15) is 11.6 Å². The molecule has 1 amide bonds. The van der Waals surface area contributed by atoms with Crippen molar-refractivity contribution in [1.82, 2.24) is 15.2 Å². The minimum absolute atomic E-state index is 0. The van der Waals surface area contributed by atoms with Crippen molar-refractivity contribution in [3.63, 3.8) is 0 Å². The van der Waals surface area contributed by atoms with Gasteiger partial charge >= 0.3 is 31.1 Å². The van der Waals surface area contributed by atoms with Gasteiger partial charge < -0.3 is 22.1 Å². The number of aromatic nitrogens is 3. The summed E-state index contributed by atoms with van der Waals surface area (Å²) in [6.45, 7) is 14.9. The molecule has 2 heterocycles. The summed E-state index contributed by atoms with van der Waals surface area (Å²) >= 11 is 1.08. The van der Waals surface area contributed by atoms with E-state index in [9.17, 15) is 14.3 Å². The van der Waals surface area contributed by atoms with Crippen LogP contribution in [0.5, 0.6) is 5.75 Å². The fourth-order valence-electron chi connectivity index (χ4n) is 3.08. The third-order valence-corrected chi connectivity index (χ3v) is 5.31. The quantitative estimate of drug-likeness (QED) is 0.154. The van der Waals surface area contributed by atoms with Crippen LogP contribution in [0.25, 0.3) is 11.1 Å². The van der Waals surface area contributed by atoms with Crippen LogP contribution in [0.4, 0.5) is 9.52 Å². The Hall–Kier alpha value is -2.82. The molecule has 2 N–H and O–H groups in total. The van der Waals surface area contributed by atoms with Crippen LogP contribution in [0, 0.1) is 69.1 Å². The van der Waals surface area contributed by atoms with Gasteiger partial charge in [0.05, 0.1) is 23.4 Å². The number of aryl methyl sites for hydroxylation is 1. The summed E-state index contributed by atoms with van der Waals surface area (Å²) in [7, 11) is 1.49. The van der Waals surface area contributed by atoms with Crippen LogP contribution in [0.1, 0.15) is 57.1 Å². The van der Waals surface area contributed by atoms with Crippen molar-refractivity contribution in [2.45, 2.75) is 53.6 Å². The number of pyridine rings is 1. The molecule has 40 heavy (non-hydrogen) atoms. The second-order valence-corrected chi connectivity index (χ2v) is 8.64. The molecule has 0 atom stereocenters. The first kappa shape index (κ1) is 39.3. The average Bonchev–Trinajstić information content (AvgIpc) is 3.44. The van der Waals surface area contributed by atoms with Crippen molar-refractivity contribution in [2.24, 2.45) is 0 Å². The van der Waals surface area contributed by atoms with Crippen molar-refractivity contribution in [2.75, 3.05) is 12.4 Å². The zero-order valence-electron chi connectivity index (χ0n) is 24.1. The van der Waals surface area contributed by atoms with Gasteiger partial charge in [-0.2, -0.15) is 6.42 Å². The van der Waals surface area contributed by atoms with Crippen LogP contribution < -0.4 is 10.1 Å². The molecular weight excluding hydrogens is 753 g/mol. The number of methoxy groups -OCH3 is 1. The van der Waals surface area contributed by atoms with Crippen molar-refractivity contribution in [3.05, 3.63) is 83.8 Å². The number of anilines is 1. The molecule has 0 aliphatic heterocycles. The maximum atomic E-state index is 13.7. The molecule has 0 spiro atoms. The fourth-order valence-corrected chi connectivity index (χ4v) is 3.48. The van der Waals surface area contributed by atoms with E-state index in [-0.39, 0.29) is 36.7 Å². The van der Waals surface area contributed by atoms with Crippen molar-refractivity contribution in [1.29, 1.82) is 0 Å². The van der Waals surface area contributed by atoms with Crippen molar-refractivity contribution < 1.29 is 50.1 Å². The van der Waals surface area contributed by atoms with E-state index in [0.29, 0.717) is 27.7 Å². The molecule has 0 unspecified atom stereocenters. The van der Waals surface area contributed by atoms with Gasteiger partial charge in [-0.15, -0.1) is 18.9 Å². The van der Waals surface area contributed by atoms with E-state index in [1.807, 2.05) is 39.0 Å². The number of ether oxygens (including phenoxy) is 1. The number of nitrogens with zero attached hydrogens (tertiary/aromatic N) is 3. The second-order valence-electron chi connectivity index (χ2n) is 7.86. The molecule has 0 aliphatic carbocycles. The third kappa shape index (κ3) is 13.0. The van der Waals surface area contributed by atoms with Crippen molar-refractivity contribution >= 4 is 22.4 Å². The molecule has 0 radical (unpaired) electrons. The smallest absolute Gasteiger partial charge is 0.496 e. The Balaban J connectivity index is 0. The van der Waals surface area contributed by atoms with Gasteiger partial charge in [-0.1, -0.05) is 31.5 Å². The van der Waals surface area contributed by atoms with Gasteiger partial charge in [0.25, 0.3) is 0 Å². The maximum absolute atomic E-state index is 13.7. The molecule has 7 nitrogen and oxygen atoms in total. The molecule has 212 valence electrons. The molecule has 1 aromatic carbocycles. The Labute approximate surface area is 265 Å². The SMILES string of the molecule is C#C.CC.COc1ccc(F)cc1-c1cc(C)ncc1C(=O)Nc1nn[c-]s1.[CH2-]C/C=C\C(=C/C)C(C)(C)O.[U+2]. The summed E-state index contributed by atoms with van der Waals surface area (Å²) in [6.07, 6.45) is 16.0. The largest absolute Gasteiger partial charge is 2.00 e. The summed E-state index contributed by atoms with van der Waals surface area (Å²) < 4.78 is 19.0. The Kier molecular flexibility index (Phi) is 20.6. The summed E-state index contributed by atoms with van der Waals surface area (Å²) in [5.41, 5.74) is 4.70. The summed E-state index contributed by atoms with van der Waals surface area (Å²) in [6, 6.07) is 5.84. The van der Waals surface area contributed by atoms with E-state index in [2.05, 4.69) is 45.8 Å². The van der Waals surface area contributed by atoms with Gasteiger partial charge in [0, 0.05) is 23.0 Å². The van der Waals surface area contributed by atoms with E-state index in [0.717, 1.165) is 23.3 Å². The minimum atomic E-state index is -0.736. The predicted octanol–water partition coefficient (Wildman–Crippen LogP) is 6.87. The predicted molar refractivity (Wildman–Crippen MR) is 158 cm³/mol. The van der Waals surface area contributed by atoms with Crippen LogP contribution in [0.3, 0.4) is 0 Å². The Morgan fingerprint density at radius 1 is 1.27 bits per heavy atom.